The topological polar surface area (TPSA) is 42.0 Å². The summed E-state index contributed by atoms with van der Waals surface area (Å²) in [6, 6.07) is 5.43. The number of amides is 1. The van der Waals surface area contributed by atoms with Crippen molar-refractivity contribution in [2.24, 2.45) is 0 Å². The highest BCUT2D eigenvalue weighted by Crippen LogP contribution is 2.22. The van der Waals surface area contributed by atoms with Crippen molar-refractivity contribution < 1.29 is 4.79 Å². The smallest absolute Gasteiger partial charge is 0.254 e. The first-order valence-electron chi connectivity index (χ1n) is 4.79. The Morgan fingerprint density at radius 3 is 2.88 bits per heavy atom. The maximum absolute atomic E-state index is 11.9. The fraction of sp³-hybridized carbons (Fsp3) is 0.0909. The number of halogens is 2. The van der Waals surface area contributed by atoms with Crippen molar-refractivity contribution in [3.63, 3.8) is 0 Å². The number of rotatable bonds is 3. The Labute approximate surface area is 120 Å². The van der Waals surface area contributed by atoms with E-state index in [1.807, 2.05) is 11.4 Å². The Hall–Kier alpha value is -0.720. The van der Waals surface area contributed by atoms with Crippen LogP contribution < -0.4 is 5.32 Å². The molecule has 0 atom stereocenters. The van der Waals surface area contributed by atoms with E-state index in [4.69, 9.17) is 0 Å². The summed E-state index contributed by atoms with van der Waals surface area (Å²) in [5.74, 6) is -0.134. The molecule has 0 saturated heterocycles. The van der Waals surface area contributed by atoms with E-state index in [-0.39, 0.29) is 5.91 Å². The molecule has 88 valence electrons. The van der Waals surface area contributed by atoms with Crippen molar-refractivity contribution in [1.29, 1.82) is 0 Å². The molecule has 0 unspecified atom stereocenters. The van der Waals surface area contributed by atoms with Crippen LogP contribution >= 0.6 is 43.2 Å². The van der Waals surface area contributed by atoms with Gasteiger partial charge in [-0.2, -0.15) is 0 Å². The van der Waals surface area contributed by atoms with E-state index in [0.717, 1.165) is 9.35 Å². The van der Waals surface area contributed by atoms with Crippen LogP contribution in [0.2, 0.25) is 0 Å². The summed E-state index contributed by atoms with van der Waals surface area (Å²) < 4.78 is 1.58. The zero-order valence-electron chi connectivity index (χ0n) is 8.61. The molecule has 6 heteroatoms. The minimum atomic E-state index is -0.134. The van der Waals surface area contributed by atoms with Gasteiger partial charge in [0.25, 0.3) is 5.91 Å². The summed E-state index contributed by atoms with van der Waals surface area (Å²) in [6.07, 6.45) is 1.64. The van der Waals surface area contributed by atoms with Crippen LogP contribution in [0.5, 0.6) is 0 Å². The van der Waals surface area contributed by atoms with Gasteiger partial charge >= 0.3 is 0 Å². The molecule has 0 fully saturated rings. The first-order chi connectivity index (χ1) is 8.18. The summed E-state index contributed by atoms with van der Waals surface area (Å²) in [4.78, 5) is 17.0. The molecule has 2 aromatic rings. The lowest BCUT2D eigenvalue weighted by atomic mass is 10.2. The van der Waals surface area contributed by atoms with Crippen LogP contribution in [0, 0.1) is 0 Å². The van der Waals surface area contributed by atoms with Crippen molar-refractivity contribution >= 4 is 49.1 Å². The van der Waals surface area contributed by atoms with E-state index >= 15 is 0 Å². The predicted octanol–water partition coefficient (Wildman–Crippen LogP) is 3.60. The van der Waals surface area contributed by atoms with E-state index in [1.54, 1.807) is 29.7 Å². The maximum atomic E-state index is 11.9. The van der Waals surface area contributed by atoms with Gasteiger partial charge in [0.1, 0.15) is 4.60 Å². The van der Waals surface area contributed by atoms with Gasteiger partial charge < -0.3 is 5.32 Å². The Morgan fingerprint density at radius 2 is 2.24 bits per heavy atom. The van der Waals surface area contributed by atoms with Crippen molar-refractivity contribution in [3.05, 3.63) is 49.3 Å². The Kier molecular flexibility index (Phi) is 4.31. The fourth-order valence-electron chi connectivity index (χ4n) is 1.26. The third kappa shape index (κ3) is 3.14. The largest absolute Gasteiger partial charge is 0.347 e. The molecule has 0 aliphatic rings. The summed E-state index contributed by atoms with van der Waals surface area (Å²) in [7, 11) is 0. The molecule has 0 aromatic carbocycles. The molecule has 2 aromatic heterocycles. The second-order valence-electron chi connectivity index (χ2n) is 3.22. The highest BCUT2D eigenvalue weighted by atomic mass is 79.9. The van der Waals surface area contributed by atoms with Crippen molar-refractivity contribution in [1.82, 2.24) is 10.3 Å². The number of hydrogen-bond donors (Lipinski definition) is 1. The normalized spacial score (nSPS) is 10.2. The number of pyridine rings is 1. The van der Waals surface area contributed by atoms with Crippen molar-refractivity contribution in [2.75, 3.05) is 0 Å². The summed E-state index contributed by atoms with van der Waals surface area (Å²) in [6.45, 7) is 0.512. The van der Waals surface area contributed by atoms with Crippen LogP contribution in [0.4, 0.5) is 0 Å². The summed E-state index contributed by atoms with van der Waals surface area (Å²) in [5, 5.41) is 4.83. The second-order valence-corrected chi connectivity index (χ2v) is 5.82. The summed E-state index contributed by atoms with van der Waals surface area (Å²) >= 11 is 8.28. The number of aromatic nitrogens is 1. The Bertz CT molecular complexity index is 542. The molecule has 0 spiro atoms. The highest BCUT2D eigenvalue weighted by molar-refractivity contribution is 9.10. The van der Waals surface area contributed by atoms with Crippen LogP contribution in [0.15, 0.2) is 38.9 Å². The molecule has 0 radical (unpaired) electrons. The predicted molar refractivity (Wildman–Crippen MR) is 75.1 cm³/mol. The van der Waals surface area contributed by atoms with Gasteiger partial charge in [0.2, 0.25) is 0 Å². The van der Waals surface area contributed by atoms with Gasteiger partial charge in [0, 0.05) is 15.5 Å². The minimum absolute atomic E-state index is 0.134. The number of nitrogens with zero attached hydrogens (tertiary/aromatic N) is 1. The molecule has 0 saturated carbocycles. The molecule has 0 aliphatic carbocycles. The van der Waals surface area contributed by atoms with Crippen molar-refractivity contribution in [2.45, 2.75) is 6.54 Å². The van der Waals surface area contributed by atoms with Crippen molar-refractivity contribution in [3.8, 4) is 0 Å². The monoisotopic (exact) mass is 374 g/mol. The van der Waals surface area contributed by atoms with Gasteiger partial charge in [0.15, 0.2) is 0 Å². The molecular formula is C11H8Br2N2OS. The van der Waals surface area contributed by atoms with Crippen LogP contribution in [-0.2, 0) is 6.54 Å². The Morgan fingerprint density at radius 1 is 1.41 bits per heavy atom. The highest BCUT2D eigenvalue weighted by Gasteiger charge is 2.10. The lowest BCUT2D eigenvalue weighted by Gasteiger charge is -2.05. The molecule has 2 rings (SSSR count). The number of hydrogen-bond acceptors (Lipinski definition) is 3. The van der Waals surface area contributed by atoms with Crippen LogP contribution in [0.25, 0.3) is 0 Å². The van der Waals surface area contributed by atoms with Gasteiger partial charge in [0.05, 0.1) is 12.1 Å². The molecule has 17 heavy (non-hydrogen) atoms. The first kappa shape index (κ1) is 12.7. The fourth-order valence-corrected chi connectivity index (χ4v) is 3.13. The number of carbonyl (C=O) groups is 1. The standard InChI is InChI=1S/C11H8Br2N2OS/c12-8-3-5-17-9(8)6-15-11(16)7-2-1-4-14-10(7)13/h1-5H,6H2,(H,15,16). The lowest BCUT2D eigenvalue weighted by Crippen LogP contribution is -2.23. The third-order valence-corrected chi connectivity index (χ3v) is 4.66. The SMILES string of the molecule is O=C(NCc1sccc1Br)c1cccnc1Br. The van der Waals surface area contributed by atoms with Gasteiger partial charge in [-0.25, -0.2) is 4.98 Å². The Balaban J connectivity index is 2.04. The zero-order chi connectivity index (χ0) is 12.3. The molecule has 2 heterocycles. The molecule has 0 bridgehead atoms. The van der Waals surface area contributed by atoms with Crippen LogP contribution in [0.1, 0.15) is 15.2 Å². The van der Waals surface area contributed by atoms with Crippen LogP contribution in [0.3, 0.4) is 0 Å². The van der Waals surface area contributed by atoms with Gasteiger partial charge in [-0.15, -0.1) is 11.3 Å². The van der Waals surface area contributed by atoms with E-state index < -0.39 is 0 Å². The molecule has 1 amide bonds. The van der Waals surface area contributed by atoms with Crippen LogP contribution in [-0.4, -0.2) is 10.9 Å². The quantitative estimate of drug-likeness (QED) is 0.832. The van der Waals surface area contributed by atoms with E-state index in [2.05, 4.69) is 42.2 Å². The number of carbonyl (C=O) groups excluding carboxylic acids is 1. The molecule has 0 aliphatic heterocycles. The third-order valence-electron chi connectivity index (χ3n) is 2.10. The van der Waals surface area contributed by atoms with Gasteiger partial charge in [-0.1, -0.05) is 0 Å². The first-order valence-corrected chi connectivity index (χ1v) is 7.25. The molecule has 3 nitrogen and oxygen atoms in total. The molecular weight excluding hydrogens is 368 g/mol. The van der Waals surface area contributed by atoms with E-state index in [9.17, 15) is 4.79 Å². The zero-order valence-corrected chi connectivity index (χ0v) is 12.6. The molecule has 1 N–H and O–H groups in total. The average Bonchev–Trinajstić information content (AvgIpc) is 2.72. The van der Waals surface area contributed by atoms with Gasteiger partial charge in [-0.05, 0) is 55.4 Å². The average molecular weight is 376 g/mol. The minimum Gasteiger partial charge on any atom is -0.347 e. The van der Waals surface area contributed by atoms with Gasteiger partial charge in [-0.3, -0.25) is 4.79 Å². The number of nitrogens with one attached hydrogen (secondary N) is 1. The second kappa shape index (κ2) is 5.75. The lowest BCUT2D eigenvalue weighted by molar-refractivity contribution is 0.0950. The maximum Gasteiger partial charge on any atom is 0.254 e. The summed E-state index contributed by atoms with van der Waals surface area (Å²) in [5.41, 5.74) is 0.542. The van der Waals surface area contributed by atoms with E-state index in [1.165, 1.54) is 0 Å². The van der Waals surface area contributed by atoms with E-state index in [0.29, 0.717) is 16.7 Å². The number of thiophene rings is 1.